The van der Waals surface area contributed by atoms with E-state index in [0.29, 0.717) is 13.2 Å². The van der Waals surface area contributed by atoms with Crippen LogP contribution in [0.15, 0.2) is 12.1 Å². The van der Waals surface area contributed by atoms with Crippen LogP contribution in [-0.2, 0) is 44.6 Å². The Morgan fingerprint density at radius 1 is 0.600 bits per heavy atom. The molecule has 5 N–H and O–H groups in total. The van der Waals surface area contributed by atoms with Crippen molar-refractivity contribution in [1.82, 2.24) is 5.32 Å². The summed E-state index contributed by atoms with van der Waals surface area (Å²) >= 11 is 0. The van der Waals surface area contributed by atoms with Gasteiger partial charge in [0, 0.05) is 12.1 Å². The predicted octanol–water partition coefficient (Wildman–Crippen LogP) is -0.571. The van der Waals surface area contributed by atoms with Gasteiger partial charge in [-0.05, 0) is 31.4 Å². The van der Waals surface area contributed by atoms with Crippen LogP contribution >= 0.6 is 0 Å². The monoisotopic (exact) mass is 711 g/mol. The molecule has 1 amide bonds. The second kappa shape index (κ2) is 21.5. The molecule has 0 spiro atoms. The van der Waals surface area contributed by atoms with E-state index >= 15 is 0 Å². The molecule has 1 rings (SSSR count). The van der Waals surface area contributed by atoms with E-state index in [1.165, 1.54) is 12.1 Å². The Balaban J connectivity index is 2.98. The summed E-state index contributed by atoms with van der Waals surface area (Å²) in [7, 11) is -12.9. The molecule has 0 heterocycles. The summed E-state index contributed by atoms with van der Waals surface area (Å²) in [6.45, 7) is 0.704. The topological polar surface area (TPSA) is 268 Å². The fourth-order valence-electron chi connectivity index (χ4n) is 3.27. The SMILES string of the molecule is O=C(NCCOCCOCCOCCO)c1cc(OCCCS(=O)(=O)O)c(OCCCS(=O)(=O)O)c(OCCCS(=O)(=O)O)c1. The number of amides is 1. The molecule has 0 radical (unpaired) electrons. The van der Waals surface area contributed by atoms with Crippen molar-refractivity contribution in [2.24, 2.45) is 0 Å². The Morgan fingerprint density at radius 2 is 1.00 bits per heavy atom. The highest BCUT2D eigenvalue weighted by molar-refractivity contribution is 7.86. The number of hydrogen-bond acceptors (Lipinski definition) is 14. The summed E-state index contributed by atoms with van der Waals surface area (Å²) < 4.78 is 126. The van der Waals surface area contributed by atoms with E-state index in [0.717, 1.165) is 0 Å². The number of hydrogen-bond donors (Lipinski definition) is 5. The zero-order chi connectivity index (χ0) is 33.8. The fourth-order valence-corrected chi connectivity index (χ4v) is 4.72. The van der Waals surface area contributed by atoms with Crippen LogP contribution in [0.2, 0.25) is 0 Å². The molecule has 262 valence electrons. The van der Waals surface area contributed by atoms with Crippen molar-refractivity contribution in [1.29, 1.82) is 0 Å². The third-order valence-electron chi connectivity index (χ3n) is 5.20. The second-order valence-electron chi connectivity index (χ2n) is 9.08. The van der Waals surface area contributed by atoms with Gasteiger partial charge < -0.3 is 38.8 Å². The number of aliphatic hydroxyl groups is 1. The minimum absolute atomic E-state index is 0.0129. The van der Waals surface area contributed by atoms with E-state index in [1.54, 1.807) is 0 Å². The van der Waals surface area contributed by atoms with Gasteiger partial charge in [0.15, 0.2) is 11.5 Å². The molecular formula is C24H41NO17S3. The molecule has 1 aromatic carbocycles. The van der Waals surface area contributed by atoms with Crippen LogP contribution in [0, 0.1) is 0 Å². The Morgan fingerprint density at radius 3 is 1.42 bits per heavy atom. The number of carbonyl (C=O) groups is 1. The van der Waals surface area contributed by atoms with Crippen LogP contribution in [-0.4, -0.2) is 140 Å². The summed E-state index contributed by atoms with van der Waals surface area (Å²) in [6.07, 6.45) is -0.467. The molecule has 0 fully saturated rings. The lowest BCUT2D eigenvalue weighted by molar-refractivity contribution is 0.00825. The smallest absolute Gasteiger partial charge is 0.264 e. The Kier molecular flexibility index (Phi) is 19.4. The molecule has 0 unspecified atom stereocenters. The van der Waals surface area contributed by atoms with E-state index in [1.807, 2.05) is 0 Å². The summed E-state index contributed by atoms with van der Waals surface area (Å²) in [5.74, 6) is -2.86. The van der Waals surface area contributed by atoms with Gasteiger partial charge in [-0.25, -0.2) is 0 Å². The Bertz CT molecular complexity index is 1270. The molecule has 0 saturated carbocycles. The van der Waals surface area contributed by atoms with Gasteiger partial charge in [-0.1, -0.05) is 0 Å². The fraction of sp³-hybridized carbons (Fsp3) is 0.708. The van der Waals surface area contributed by atoms with Gasteiger partial charge in [0.2, 0.25) is 5.75 Å². The number of carbonyl (C=O) groups excluding carboxylic acids is 1. The largest absolute Gasteiger partial charge is 0.489 e. The summed E-state index contributed by atoms with van der Waals surface area (Å²) in [6, 6.07) is 2.50. The van der Waals surface area contributed by atoms with Gasteiger partial charge in [-0.2, -0.15) is 25.3 Å². The quantitative estimate of drug-likeness (QED) is 0.0565. The number of ether oxygens (including phenoxy) is 6. The first-order chi connectivity index (χ1) is 21.1. The first-order valence-electron chi connectivity index (χ1n) is 13.7. The lowest BCUT2D eigenvalue weighted by Crippen LogP contribution is -2.28. The van der Waals surface area contributed by atoms with E-state index in [2.05, 4.69) is 5.32 Å². The zero-order valence-corrected chi connectivity index (χ0v) is 26.9. The van der Waals surface area contributed by atoms with Gasteiger partial charge in [0.25, 0.3) is 36.3 Å². The van der Waals surface area contributed by atoms with Crippen LogP contribution in [0.3, 0.4) is 0 Å². The molecule has 0 saturated heterocycles. The van der Waals surface area contributed by atoms with Gasteiger partial charge >= 0.3 is 0 Å². The first kappa shape index (κ1) is 40.7. The molecule has 0 atom stereocenters. The van der Waals surface area contributed by atoms with Crippen molar-refractivity contribution in [3.05, 3.63) is 17.7 Å². The lowest BCUT2D eigenvalue weighted by Gasteiger charge is -2.19. The highest BCUT2D eigenvalue weighted by Gasteiger charge is 2.20. The van der Waals surface area contributed by atoms with Gasteiger partial charge in [0.1, 0.15) is 0 Å². The summed E-state index contributed by atoms with van der Waals surface area (Å²) in [5, 5.41) is 11.3. The molecule has 0 aliphatic carbocycles. The summed E-state index contributed by atoms with van der Waals surface area (Å²) in [4.78, 5) is 12.9. The molecule has 45 heavy (non-hydrogen) atoms. The van der Waals surface area contributed by atoms with Crippen molar-refractivity contribution in [2.75, 3.05) is 89.9 Å². The third kappa shape index (κ3) is 21.9. The van der Waals surface area contributed by atoms with Gasteiger partial charge in [-0.3, -0.25) is 18.5 Å². The number of nitrogens with one attached hydrogen (secondary N) is 1. The highest BCUT2D eigenvalue weighted by Crippen LogP contribution is 2.39. The van der Waals surface area contributed by atoms with Crippen LogP contribution in [0.5, 0.6) is 17.2 Å². The molecule has 0 bridgehead atoms. The maximum absolute atomic E-state index is 12.9. The van der Waals surface area contributed by atoms with E-state index < -0.39 is 53.5 Å². The van der Waals surface area contributed by atoms with Crippen molar-refractivity contribution < 1.29 is 77.2 Å². The molecule has 1 aromatic rings. The third-order valence-corrected chi connectivity index (χ3v) is 7.61. The summed E-state index contributed by atoms with van der Waals surface area (Å²) in [5.41, 5.74) is -0.0129. The van der Waals surface area contributed by atoms with Crippen LogP contribution in [0.1, 0.15) is 29.6 Å². The van der Waals surface area contributed by atoms with E-state index in [9.17, 15) is 30.0 Å². The van der Waals surface area contributed by atoms with E-state index in [-0.39, 0.29) is 101 Å². The molecule has 0 aliphatic rings. The predicted molar refractivity (Wildman–Crippen MR) is 158 cm³/mol. The van der Waals surface area contributed by atoms with Crippen LogP contribution < -0.4 is 19.5 Å². The molecule has 0 aromatic heterocycles. The lowest BCUT2D eigenvalue weighted by atomic mass is 10.1. The Labute approximate surface area is 262 Å². The number of rotatable bonds is 27. The van der Waals surface area contributed by atoms with Gasteiger partial charge in [0.05, 0.1) is 83.3 Å². The first-order valence-corrected chi connectivity index (χ1v) is 18.5. The Hall–Kier alpha value is -2.34. The second-order valence-corrected chi connectivity index (χ2v) is 13.8. The molecule has 0 aliphatic heterocycles. The maximum atomic E-state index is 12.9. The van der Waals surface area contributed by atoms with Crippen molar-refractivity contribution in [3.63, 3.8) is 0 Å². The van der Waals surface area contributed by atoms with Crippen molar-refractivity contribution >= 4 is 36.3 Å². The average Bonchev–Trinajstić information content (AvgIpc) is 2.93. The minimum Gasteiger partial charge on any atom is -0.489 e. The minimum atomic E-state index is -4.29. The van der Waals surface area contributed by atoms with Crippen molar-refractivity contribution in [2.45, 2.75) is 19.3 Å². The standard InChI is InChI=1S/C24H41NO17S3/c26-5-10-38-12-14-39-13-11-37-9-4-25-24(27)20-18-21(40-6-1-15-43(28,29)30)23(42-8-3-17-45(34,35)36)22(19-20)41-7-2-16-44(31,32)33/h18-19,26H,1-17H2,(H,25,27)(H,28,29,30)(H,31,32,33)(H,34,35,36). The maximum Gasteiger partial charge on any atom is 0.264 e. The number of benzene rings is 1. The van der Waals surface area contributed by atoms with Crippen LogP contribution in [0.4, 0.5) is 0 Å². The van der Waals surface area contributed by atoms with E-state index in [4.69, 9.17) is 47.2 Å². The molecule has 18 nitrogen and oxygen atoms in total. The van der Waals surface area contributed by atoms with Crippen molar-refractivity contribution in [3.8, 4) is 17.2 Å². The van der Waals surface area contributed by atoms with Crippen LogP contribution in [0.25, 0.3) is 0 Å². The molecule has 21 heteroatoms. The molecular weight excluding hydrogens is 670 g/mol. The van der Waals surface area contributed by atoms with Gasteiger partial charge in [-0.15, -0.1) is 0 Å². The average molecular weight is 712 g/mol. The normalized spacial score (nSPS) is 12.2. The number of aliphatic hydroxyl groups excluding tert-OH is 1. The zero-order valence-electron chi connectivity index (χ0n) is 24.5. The highest BCUT2D eigenvalue weighted by atomic mass is 32.2.